The molecule has 0 radical (unpaired) electrons. The van der Waals surface area contributed by atoms with Crippen molar-refractivity contribution >= 4 is 23.4 Å². The molecular formula is C24H20N4O4S. The lowest BCUT2D eigenvalue weighted by Crippen LogP contribution is -2.07. The molecule has 0 amide bonds. The van der Waals surface area contributed by atoms with Crippen molar-refractivity contribution < 1.29 is 18.8 Å². The maximum absolute atomic E-state index is 12.5. The highest BCUT2D eigenvalue weighted by Gasteiger charge is 2.17. The van der Waals surface area contributed by atoms with E-state index >= 15 is 0 Å². The first-order valence-electron chi connectivity index (χ1n) is 9.99. The van der Waals surface area contributed by atoms with Gasteiger partial charge in [-0.1, -0.05) is 11.2 Å². The molecular weight excluding hydrogens is 440 g/mol. The summed E-state index contributed by atoms with van der Waals surface area (Å²) in [5, 5.41) is 15.3. The number of thiophene rings is 1. The van der Waals surface area contributed by atoms with Gasteiger partial charge in [-0.25, -0.2) is 4.79 Å². The third-order valence-electron chi connectivity index (χ3n) is 4.98. The molecule has 0 N–H and O–H groups in total. The summed E-state index contributed by atoms with van der Waals surface area (Å²) < 4.78 is 17.6. The number of aromatic nitrogens is 3. The molecule has 8 nitrogen and oxygen atoms in total. The number of hydrogen-bond acceptors (Lipinski definition) is 8. The van der Waals surface area contributed by atoms with E-state index in [1.165, 1.54) is 17.4 Å². The molecule has 4 aromatic rings. The van der Waals surface area contributed by atoms with Gasteiger partial charge in [0, 0.05) is 17.1 Å². The molecule has 0 aliphatic rings. The molecule has 0 saturated carbocycles. The summed E-state index contributed by atoms with van der Waals surface area (Å²) in [6.07, 6.45) is 1.52. The molecule has 1 aromatic carbocycles. The fourth-order valence-electron chi connectivity index (χ4n) is 3.38. The van der Waals surface area contributed by atoms with Gasteiger partial charge in [0.25, 0.3) is 5.89 Å². The Morgan fingerprint density at radius 3 is 2.73 bits per heavy atom. The number of ether oxygens (including phenoxy) is 2. The van der Waals surface area contributed by atoms with Crippen molar-refractivity contribution in [3.8, 4) is 28.2 Å². The second-order valence-electron chi connectivity index (χ2n) is 7.09. The number of carbonyl (C=O) groups excluding carboxylic acids is 1. The molecule has 33 heavy (non-hydrogen) atoms. The predicted octanol–water partition coefficient (Wildman–Crippen LogP) is 4.86. The summed E-state index contributed by atoms with van der Waals surface area (Å²) in [6, 6.07) is 15.2. The van der Waals surface area contributed by atoms with Crippen molar-refractivity contribution in [3.05, 3.63) is 76.3 Å². The van der Waals surface area contributed by atoms with E-state index in [1.54, 1.807) is 7.11 Å². The number of methoxy groups -OCH3 is 1. The van der Waals surface area contributed by atoms with E-state index in [9.17, 15) is 10.1 Å². The largest absolute Gasteiger partial charge is 0.497 e. The Hall–Kier alpha value is -4.16. The number of nitrogens with zero attached hydrogens (tertiary/aromatic N) is 4. The standard InChI is InChI=1S/C24H20N4O4S/c1-15-11-17(16(2)28(15)19-6-8-20(30-3)9-7-19)12-18(13-25)24(29)31-14-22-26-23(27-32-22)21-5-4-10-33-21/h4-12H,14H2,1-3H3/b18-12+. The lowest BCUT2D eigenvalue weighted by atomic mass is 10.1. The van der Waals surface area contributed by atoms with Crippen molar-refractivity contribution in [2.24, 2.45) is 0 Å². The minimum absolute atomic E-state index is 0.122. The summed E-state index contributed by atoms with van der Waals surface area (Å²) in [4.78, 5) is 17.6. The van der Waals surface area contributed by atoms with E-state index < -0.39 is 5.97 Å². The number of rotatable bonds is 7. The van der Waals surface area contributed by atoms with Gasteiger partial charge in [0.2, 0.25) is 5.82 Å². The fourth-order valence-corrected chi connectivity index (χ4v) is 4.03. The van der Waals surface area contributed by atoms with Gasteiger partial charge in [0.15, 0.2) is 6.61 Å². The zero-order chi connectivity index (χ0) is 23.4. The summed E-state index contributed by atoms with van der Waals surface area (Å²) in [7, 11) is 1.62. The number of nitriles is 1. The van der Waals surface area contributed by atoms with Crippen molar-refractivity contribution in [1.82, 2.24) is 14.7 Å². The monoisotopic (exact) mass is 460 g/mol. The molecule has 0 spiro atoms. The van der Waals surface area contributed by atoms with Crippen LogP contribution >= 0.6 is 11.3 Å². The van der Waals surface area contributed by atoms with E-state index in [4.69, 9.17) is 14.0 Å². The number of esters is 1. The lowest BCUT2D eigenvalue weighted by Gasteiger charge is -2.10. The highest BCUT2D eigenvalue weighted by Crippen LogP contribution is 2.25. The van der Waals surface area contributed by atoms with Gasteiger partial charge in [-0.3, -0.25) is 0 Å². The molecule has 9 heteroatoms. The highest BCUT2D eigenvalue weighted by molar-refractivity contribution is 7.13. The first-order chi connectivity index (χ1) is 16.0. The van der Waals surface area contributed by atoms with Crippen LogP contribution in [0, 0.1) is 25.2 Å². The molecule has 0 bridgehead atoms. The van der Waals surface area contributed by atoms with Crippen LogP contribution in [0.25, 0.3) is 22.5 Å². The van der Waals surface area contributed by atoms with Gasteiger partial charge in [-0.05, 0) is 67.3 Å². The van der Waals surface area contributed by atoms with Crippen molar-refractivity contribution in [2.45, 2.75) is 20.5 Å². The zero-order valence-corrected chi connectivity index (χ0v) is 19.0. The predicted molar refractivity (Wildman–Crippen MR) is 123 cm³/mol. The molecule has 166 valence electrons. The Bertz CT molecular complexity index is 1340. The van der Waals surface area contributed by atoms with Gasteiger partial charge < -0.3 is 18.6 Å². The Balaban J connectivity index is 1.50. The van der Waals surface area contributed by atoms with Gasteiger partial charge in [-0.15, -0.1) is 11.3 Å². The summed E-state index contributed by atoms with van der Waals surface area (Å²) in [5.74, 6) is 0.585. The van der Waals surface area contributed by atoms with Gasteiger partial charge in [-0.2, -0.15) is 10.2 Å². The van der Waals surface area contributed by atoms with Crippen LogP contribution in [0.4, 0.5) is 0 Å². The van der Waals surface area contributed by atoms with E-state index in [0.717, 1.165) is 33.3 Å². The lowest BCUT2D eigenvalue weighted by molar-refractivity contribution is -0.140. The van der Waals surface area contributed by atoms with Gasteiger partial charge >= 0.3 is 5.97 Å². The third kappa shape index (κ3) is 4.71. The van der Waals surface area contributed by atoms with Crippen LogP contribution in [0.5, 0.6) is 5.75 Å². The maximum atomic E-state index is 12.5. The average molecular weight is 461 g/mol. The highest BCUT2D eigenvalue weighted by atomic mass is 32.1. The molecule has 3 heterocycles. The van der Waals surface area contributed by atoms with Crippen LogP contribution in [0.15, 0.2) is 57.9 Å². The molecule has 0 aliphatic heterocycles. The fraction of sp³-hybridized carbons (Fsp3) is 0.167. The average Bonchev–Trinajstić information content (AvgIpc) is 3.57. The van der Waals surface area contributed by atoms with Crippen LogP contribution < -0.4 is 4.74 Å². The second-order valence-corrected chi connectivity index (χ2v) is 8.04. The molecule has 3 aromatic heterocycles. The number of aryl methyl sites for hydroxylation is 1. The zero-order valence-electron chi connectivity index (χ0n) is 18.2. The van der Waals surface area contributed by atoms with E-state index in [0.29, 0.717) is 5.82 Å². The molecule has 0 aliphatic carbocycles. The van der Waals surface area contributed by atoms with Crippen molar-refractivity contribution in [3.63, 3.8) is 0 Å². The van der Waals surface area contributed by atoms with Crippen molar-refractivity contribution in [2.75, 3.05) is 7.11 Å². The topological polar surface area (TPSA) is 103 Å². The van der Waals surface area contributed by atoms with Crippen molar-refractivity contribution in [1.29, 1.82) is 5.26 Å². The van der Waals surface area contributed by atoms with Crippen LogP contribution in [-0.2, 0) is 16.1 Å². The Labute approximate surface area is 194 Å². The third-order valence-corrected chi connectivity index (χ3v) is 5.84. The molecule has 0 fully saturated rings. The molecule has 0 atom stereocenters. The van der Waals surface area contributed by atoms with Crippen LogP contribution in [0.2, 0.25) is 0 Å². The first-order valence-corrected chi connectivity index (χ1v) is 10.9. The minimum atomic E-state index is -0.761. The normalized spacial score (nSPS) is 11.3. The Morgan fingerprint density at radius 1 is 1.27 bits per heavy atom. The number of hydrogen-bond donors (Lipinski definition) is 0. The van der Waals surface area contributed by atoms with Crippen LogP contribution in [-0.4, -0.2) is 27.8 Å². The molecule has 0 unspecified atom stereocenters. The van der Waals surface area contributed by atoms with E-state index in [1.807, 2.05) is 72.3 Å². The van der Waals surface area contributed by atoms with Gasteiger partial charge in [0.1, 0.15) is 17.4 Å². The van der Waals surface area contributed by atoms with Gasteiger partial charge in [0.05, 0.1) is 12.0 Å². The van der Waals surface area contributed by atoms with Crippen LogP contribution in [0.1, 0.15) is 22.8 Å². The minimum Gasteiger partial charge on any atom is -0.497 e. The Morgan fingerprint density at radius 2 is 2.06 bits per heavy atom. The summed E-state index contributed by atoms with van der Waals surface area (Å²) in [6.45, 7) is 3.66. The Kier molecular flexibility index (Phi) is 6.38. The smallest absolute Gasteiger partial charge is 0.349 e. The molecule has 0 saturated heterocycles. The maximum Gasteiger partial charge on any atom is 0.349 e. The first kappa shape index (κ1) is 22.0. The summed E-state index contributed by atoms with van der Waals surface area (Å²) >= 11 is 1.47. The summed E-state index contributed by atoms with van der Waals surface area (Å²) in [5.41, 5.74) is 3.42. The number of carbonyl (C=O) groups is 1. The van der Waals surface area contributed by atoms with Crippen LogP contribution in [0.3, 0.4) is 0 Å². The number of benzene rings is 1. The molecule has 4 rings (SSSR count). The van der Waals surface area contributed by atoms with E-state index in [2.05, 4.69) is 10.1 Å². The second kappa shape index (κ2) is 9.54. The quantitative estimate of drug-likeness (QED) is 0.220. The SMILES string of the molecule is COc1ccc(-n2c(C)cc(/C=C(\C#N)C(=O)OCc3nc(-c4cccs4)no3)c2C)cc1. The van der Waals surface area contributed by atoms with E-state index in [-0.39, 0.29) is 18.1 Å².